The zero-order valence-electron chi connectivity index (χ0n) is 14.7. The average Bonchev–Trinajstić information content (AvgIpc) is 3.25. The van der Waals surface area contributed by atoms with E-state index < -0.39 is 10.0 Å². The molecule has 1 aromatic heterocycles. The number of nitrogens with zero attached hydrogens (tertiary/aromatic N) is 2. The van der Waals surface area contributed by atoms with Crippen molar-refractivity contribution in [3.8, 4) is 0 Å². The number of halogens is 1. The Morgan fingerprint density at radius 2 is 1.82 bits per heavy atom. The Hall–Kier alpha value is -2.68. The van der Waals surface area contributed by atoms with Gasteiger partial charge >= 0.3 is 0 Å². The molecular weight excluding hydrogens is 400 g/mol. The number of aromatic nitrogens is 2. The van der Waals surface area contributed by atoms with Crippen LogP contribution in [0.4, 0.5) is 5.82 Å². The molecule has 0 atom stereocenters. The summed E-state index contributed by atoms with van der Waals surface area (Å²) in [7, 11) is -3.49. The lowest BCUT2D eigenvalue weighted by Crippen LogP contribution is -2.27. The molecule has 7 nitrogen and oxygen atoms in total. The molecule has 144 valence electrons. The van der Waals surface area contributed by atoms with Gasteiger partial charge in [-0.15, -0.1) is 0 Å². The minimum Gasteiger partial charge on any atom is -0.305 e. The molecule has 0 unspecified atom stereocenters. The van der Waals surface area contributed by atoms with Crippen LogP contribution in [0.25, 0.3) is 0 Å². The molecule has 2 N–H and O–H groups in total. The number of rotatable bonds is 5. The van der Waals surface area contributed by atoms with E-state index in [-0.39, 0.29) is 24.7 Å². The Morgan fingerprint density at radius 3 is 2.54 bits per heavy atom. The maximum Gasteiger partial charge on any atom is 0.256 e. The van der Waals surface area contributed by atoms with Gasteiger partial charge in [0.15, 0.2) is 5.82 Å². The summed E-state index contributed by atoms with van der Waals surface area (Å²) in [6.07, 6.45) is 0. The highest BCUT2D eigenvalue weighted by Gasteiger charge is 2.33. The zero-order valence-corrected chi connectivity index (χ0v) is 16.3. The van der Waals surface area contributed by atoms with Crippen LogP contribution >= 0.6 is 11.6 Å². The van der Waals surface area contributed by atoms with Crippen LogP contribution in [-0.2, 0) is 28.9 Å². The van der Waals surface area contributed by atoms with Crippen molar-refractivity contribution >= 4 is 33.3 Å². The lowest BCUT2D eigenvalue weighted by atomic mass is 10.2. The molecule has 0 aliphatic carbocycles. The van der Waals surface area contributed by atoms with Gasteiger partial charge in [0.05, 0.1) is 18.0 Å². The summed E-state index contributed by atoms with van der Waals surface area (Å²) < 4.78 is 26.9. The Morgan fingerprint density at radius 1 is 1.11 bits per heavy atom. The molecule has 2 heterocycles. The third-order valence-corrected chi connectivity index (χ3v) is 6.54. The highest BCUT2D eigenvalue weighted by molar-refractivity contribution is 7.88. The summed E-state index contributed by atoms with van der Waals surface area (Å²) in [5, 5.41) is 10.2. The van der Waals surface area contributed by atoms with E-state index in [0.717, 1.165) is 5.56 Å². The van der Waals surface area contributed by atoms with E-state index in [4.69, 9.17) is 11.6 Å². The quantitative estimate of drug-likeness (QED) is 0.667. The number of H-pyrrole nitrogens is 1. The summed E-state index contributed by atoms with van der Waals surface area (Å²) >= 11 is 5.84. The maximum absolute atomic E-state index is 12.7. The molecule has 0 fully saturated rings. The molecule has 0 radical (unpaired) electrons. The van der Waals surface area contributed by atoms with Crippen LogP contribution < -0.4 is 5.32 Å². The molecule has 3 aromatic rings. The van der Waals surface area contributed by atoms with Crippen LogP contribution in [0.5, 0.6) is 0 Å². The van der Waals surface area contributed by atoms with E-state index in [1.165, 1.54) is 4.31 Å². The van der Waals surface area contributed by atoms with Gasteiger partial charge in [0, 0.05) is 22.7 Å². The van der Waals surface area contributed by atoms with Crippen molar-refractivity contribution < 1.29 is 13.2 Å². The molecule has 1 aliphatic heterocycles. The highest BCUT2D eigenvalue weighted by Crippen LogP contribution is 2.30. The van der Waals surface area contributed by atoms with Gasteiger partial charge in [0.25, 0.3) is 5.91 Å². The first-order valence-corrected chi connectivity index (χ1v) is 10.6. The van der Waals surface area contributed by atoms with Crippen molar-refractivity contribution in [1.29, 1.82) is 0 Å². The topological polar surface area (TPSA) is 95.2 Å². The van der Waals surface area contributed by atoms with Gasteiger partial charge in [-0.05, 0) is 29.8 Å². The van der Waals surface area contributed by atoms with Gasteiger partial charge in [-0.25, -0.2) is 8.42 Å². The molecule has 0 saturated heterocycles. The average molecular weight is 417 g/mol. The monoisotopic (exact) mass is 416 g/mol. The zero-order chi connectivity index (χ0) is 19.7. The van der Waals surface area contributed by atoms with Crippen LogP contribution in [0.1, 0.15) is 27.2 Å². The number of carbonyl (C=O) groups is 1. The summed E-state index contributed by atoms with van der Waals surface area (Å²) in [5.41, 5.74) is 2.53. The van der Waals surface area contributed by atoms with E-state index >= 15 is 0 Å². The molecule has 28 heavy (non-hydrogen) atoms. The molecule has 0 bridgehead atoms. The fourth-order valence-corrected chi connectivity index (χ4v) is 4.64. The van der Waals surface area contributed by atoms with Crippen molar-refractivity contribution in [3.05, 3.63) is 82.0 Å². The van der Waals surface area contributed by atoms with E-state index in [2.05, 4.69) is 15.5 Å². The SMILES string of the molecule is O=C(Nc1n[nH]c2c1CN(S(=O)(=O)Cc1ccccc1)C2)c1ccc(Cl)cc1. The fourth-order valence-electron chi connectivity index (χ4n) is 3.07. The lowest BCUT2D eigenvalue weighted by Gasteiger charge is -2.16. The second kappa shape index (κ2) is 7.38. The first-order chi connectivity index (χ1) is 13.4. The summed E-state index contributed by atoms with van der Waals surface area (Å²) in [5.74, 6) is -0.0678. The largest absolute Gasteiger partial charge is 0.305 e. The van der Waals surface area contributed by atoms with E-state index in [1.54, 1.807) is 36.4 Å². The second-order valence-electron chi connectivity index (χ2n) is 6.50. The first-order valence-electron chi connectivity index (χ1n) is 8.57. The third-order valence-electron chi connectivity index (χ3n) is 4.55. The Balaban J connectivity index is 1.48. The number of hydrogen-bond acceptors (Lipinski definition) is 4. The number of aromatic amines is 1. The molecular formula is C19H17ClN4O3S. The summed E-state index contributed by atoms with van der Waals surface area (Å²) in [6.45, 7) is 0.367. The van der Waals surface area contributed by atoms with E-state index in [0.29, 0.717) is 27.7 Å². The predicted octanol–water partition coefficient (Wildman–Crippen LogP) is 3.16. The molecule has 1 aliphatic rings. The first kappa shape index (κ1) is 18.7. The van der Waals surface area contributed by atoms with Crippen LogP contribution in [0.3, 0.4) is 0 Å². The van der Waals surface area contributed by atoms with Gasteiger partial charge < -0.3 is 5.32 Å². The number of sulfonamides is 1. The van der Waals surface area contributed by atoms with Crippen LogP contribution in [0, 0.1) is 0 Å². The maximum atomic E-state index is 12.7. The fraction of sp³-hybridized carbons (Fsp3) is 0.158. The Kier molecular flexibility index (Phi) is 4.92. The van der Waals surface area contributed by atoms with Crippen molar-refractivity contribution in [3.63, 3.8) is 0 Å². The van der Waals surface area contributed by atoms with Gasteiger partial charge in [-0.2, -0.15) is 9.40 Å². The summed E-state index contributed by atoms with van der Waals surface area (Å²) in [6, 6.07) is 15.5. The normalized spacial score (nSPS) is 14.0. The minimum atomic E-state index is -3.49. The lowest BCUT2D eigenvalue weighted by molar-refractivity contribution is 0.102. The van der Waals surface area contributed by atoms with E-state index in [9.17, 15) is 13.2 Å². The third kappa shape index (κ3) is 3.80. The number of hydrogen-bond donors (Lipinski definition) is 2. The van der Waals surface area contributed by atoms with Gasteiger partial charge in [0.1, 0.15) is 0 Å². The number of fused-ring (bicyclic) bond motifs is 1. The van der Waals surface area contributed by atoms with E-state index in [1.807, 2.05) is 18.2 Å². The number of amides is 1. The standard InChI is InChI=1S/C19H17ClN4O3S/c20-15-8-6-14(7-9-15)19(25)21-18-16-10-24(11-17(16)22-23-18)28(26,27)12-13-4-2-1-3-5-13/h1-9H,10-12H2,(H2,21,22,23,25). The van der Waals surface area contributed by atoms with Gasteiger partial charge in [-0.1, -0.05) is 41.9 Å². The second-order valence-corrected chi connectivity index (χ2v) is 8.91. The summed E-state index contributed by atoms with van der Waals surface area (Å²) in [4.78, 5) is 12.4. The van der Waals surface area contributed by atoms with Crippen LogP contribution in [0.15, 0.2) is 54.6 Å². The van der Waals surface area contributed by atoms with Gasteiger partial charge in [-0.3, -0.25) is 9.89 Å². The number of anilines is 1. The highest BCUT2D eigenvalue weighted by atomic mass is 35.5. The Bertz CT molecular complexity index is 1110. The smallest absolute Gasteiger partial charge is 0.256 e. The predicted molar refractivity (Wildman–Crippen MR) is 106 cm³/mol. The molecule has 9 heteroatoms. The molecule has 0 spiro atoms. The number of carbonyl (C=O) groups excluding carboxylic acids is 1. The molecule has 4 rings (SSSR count). The minimum absolute atomic E-state index is 0.0714. The van der Waals surface area contributed by atoms with Crippen LogP contribution in [0.2, 0.25) is 5.02 Å². The number of nitrogens with one attached hydrogen (secondary N) is 2. The van der Waals surface area contributed by atoms with Crippen molar-refractivity contribution in [2.75, 3.05) is 5.32 Å². The van der Waals surface area contributed by atoms with Crippen molar-refractivity contribution in [1.82, 2.24) is 14.5 Å². The van der Waals surface area contributed by atoms with Crippen molar-refractivity contribution in [2.45, 2.75) is 18.8 Å². The molecule has 2 aromatic carbocycles. The number of benzene rings is 2. The van der Waals surface area contributed by atoms with Crippen LogP contribution in [-0.4, -0.2) is 28.8 Å². The van der Waals surface area contributed by atoms with Gasteiger partial charge in [0.2, 0.25) is 10.0 Å². The molecule has 1 amide bonds. The Labute approximate surface area is 167 Å². The molecule has 0 saturated carbocycles. The van der Waals surface area contributed by atoms with Crippen molar-refractivity contribution in [2.24, 2.45) is 0 Å².